The third-order valence-electron chi connectivity index (χ3n) is 6.08. The first-order valence-corrected chi connectivity index (χ1v) is 9.48. The van der Waals surface area contributed by atoms with Crippen LogP contribution in [0.5, 0.6) is 0 Å². The average molecular weight is 293 g/mol. The van der Waals surface area contributed by atoms with Gasteiger partial charge in [-0.3, -0.25) is 0 Å². The molecule has 2 heterocycles. The smallest absolute Gasteiger partial charge is 0.0110 e. The van der Waals surface area contributed by atoms with Gasteiger partial charge in [-0.25, -0.2) is 0 Å². The summed E-state index contributed by atoms with van der Waals surface area (Å²) in [5, 5.41) is 7.81. The van der Waals surface area contributed by atoms with Gasteiger partial charge in [-0.2, -0.15) is 0 Å². The van der Waals surface area contributed by atoms with Gasteiger partial charge in [0, 0.05) is 18.6 Å². The molecule has 2 aliphatic heterocycles. The van der Waals surface area contributed by atoms with E-state index < -0.39 is 0 Å². The van der Waals surface area contributed by atoms with Crippen LogP contribution in [0.1, 0.15) is 57.8 Å². The van der Waals surface area contributed by atoms with Crippen LogP contribution < -0.4 is 10.6 Å². The van der Waals surface area contributed by atoms with E-state index in [0.717, 1.165) is 23.9 Å². The standard InChI is InChI=1S/C18H35N3/c1-21-12-6-7-15(14-21)13-20-18-9-3-2-8-16(18)17-10-4-5-11-19-17/h15-20H,2-14H2,1H3. The van der Waals surface area contributed by atoms with Crippen LogP contribution in [-0.2, 0) is 0 Å². The van der Waals surface area contributed by atoms with Crippen LogP contribution in [0.25, 0.3) is 0 Å². The summed E-state index contributed by atoms with van der Waals surface area (Å²) < 4.78 is 0. The molecule has 0 aromatic rings. The van der Waals surface area contributed by atoms with Crippen molar-refractivity contribution in [1.29, 1.82) is 0 Å². The Morgan fingerprint density at radius 2 is 1.86 bits per heavy atom. The number of likely N-dealkylation sites (tertiary alicyclic amines) is 1. The van der Waals surface area contributed by atoms with Crippen molar-refractivity contribution in [2.75, 3.05) is 33.2 Å². The summed E-state index contributed by atoms with van der Waals surface area (Å²) in [6.45, 7) is 5.10. The SMILES string of the molecule is CN1CCCC(CNC2CCCCC2C2CCCCN2)C1. The van der Waals surface area contributed by atoms with Gasteiger partial charge in [-0.1, -0.05) is 19.3 Å². The molecule has 0 amide bonds. The van der Waals surface area contributed by atoms with Crippen molar-refractivity contribution in [3.63, 3.8) is 0 Å². The number of piperidine rings is 2. The predicted octanol–water partition coefficient (Wildman–Crippen LogP) is 2.62. The van der Waals surface area contributed by atoms with Gasteiger partial charge in [0.15, 0.2) is 0 Å². The molecule has 122 valence electrons. The largest absolute Gasteiger partial charge is 0.314 e. The molecule has 2 N–H and O–H groups in total. The minimum absolute atomic E-state index is 0.779. The fourth-order valence-corrected chi connectivity index (χ4v) is 4.90. The van der Waals surface area contributed by atoms with Gasteiger partial charge in [-0.05, 0) is 77.0 Å². The molecule has 4 unspecified atom stereocenters. The van der Waals surface area contributed by atoms with Crippen LogP contribution in [0.2, 0.25) is 0 Å². The van der Waals surface area contributed by atoms with E-state index in [1.807, 2.05) is 0 Å². The fraction of sp³-hybridized carbons (Fsp3) is 1.00. The first kappa shape index (κ1) is 15.8. The number of hydrogen-bond donors (Lipinski definition) is 2. The summed E-state index contributed by atoms with van der Waals surface area (Å²) >= 11 is 0. The number of rotatable bonds is 4. The molecule has 0 spiro atoms. The van der Waals surface area contributed by atoms with Gasteiger partial charge in [0.05, 0.1) is 0 Å². The molecule has 3 rings (SSSR count). The van der Waals surface area contributed by atoms with Crippen molar-refractivity contribution in [3.8, 4) is 0 Å². The van der Waals surface area contributed by atoms with E-state index in [1.165, 1.54) is 84.0 Å². The highest BCUT2D eigenvalue weighted by molar-refractivity contribution is 4.91. The first-order chi connectivity index (χ1) is 10.3. The Morgan fingerprint density at radius 1 is 1.00 bits per heavy atom. The lowest BCUT2D eigenvalue weighted by Gasteiger charge is -2.41. The zero-order valence-electron chi connectivity index (χ0n) is 13.9. The Morgan fingerprint density at radius 3 is 2.67 bits per heavy atom. The van der Waals surface area contributed by atoms with Crippen LogP contribution >= 0.6 is 0 Å². The monoisotopic (exact) mass is 293 g/mol. The van der Waals surface area contributed by atoms with Crippen LogP contribution in [0.4, 0.5) is 0 Å². The van der Waals surface area contributed by atoms with E-state index in [9.17, 15) is 0 Å². The van der Waals surface area contributed by atoms with Crippen molar-refractivity contribution in [2.45, 2.75) is 69.9 Å². The van der Waals surface area contributed by atoms with Crippen LogP contribution in [0.15, 0.2) is 0 Å². The highest BCUT2D eigenvalue weighted by Crippen LogP contribution is 2.30. The van der Waals surface area contributed by atoms with Crippen molar-refractivity contribution in [3.05, 3.63) is 0 Å². The summed E-state index contributed by atoms with van der Waals surface area (Å²) in [6, 6.07) is 1.58. The molecule has 2 saturated heterocycles. The maximum absolute atomic E-state index is 3.99. The van der Waals surface area contributed by atoms with Crippen molar-refractivity contribution in [1.82, 2.24) is 15.5 Å². The average Bonchev–Trinajstić information content (AvgIpc) is 2.54. The lowest BCUT2D eigenvalue weighted by atomic mass is 9.77. The highest BCUT2D eigenvalue weighted by Gasteiger charge is 2.32. The fourth-order valence-electron chi connectivity index (χ4n) is 4.90. The van der Waals surface area contributed by atoms with Gasteiger partial charge >= 0.3 is 0 Å². The summed E-state index contributed by atoms with van der Waals surface area (Å²) in [5.74, 6) is 1.77. The summed E-state index contributed by atoms with van der Waals surface area (Å²) in [5.41, 5.74) is 0. The van der Waals surface area contributed by atoms with E-state index in [4.69, 9.17) is 0 Å². The molecule has 0 aromatic carbocycles. The number of hydrogen-bond acceptors (Lipinski definition) is 3. The quantitative estimate of drug-likeness (QED) is 0.834. The zero-order valence-corrected chi connectivity index (χ0v) is 13.9. The molecule has 21 heavy (non-hydrogen) atoms. The molecule has 1 aliphatic carbocycles. The first-order valence-electron chi connectivity index (χ1n) is 9.48. The minimum atomic E-state index is 0.779. The third-order valence-corrected chi connectivity index (χ3v) is 6.08. The minimum Gasteiger partial charge on any atom is -0.314 e. The Hall–Kier alpha value is -0.120. The summed E-state index contributed by atoms with van der Waals surface area (Å²) in [6.07, 6.45) is 12.8. The van der Waals surface area contributed by atoms with Gasteiger partial charge in [0.2, 0.25) is 0 Å². The van der Waals surface area contributed by atoms with E-state index in [1.54, 1.807) is 0 Å². The Labute approximate surface area is 131 Å². The molecule has 3 aliphatic rings. The molecular formula is C18H35N3. The van der Waals surface area contributed by atoms with E-state index in [0.29, 0.717) is 0 Å². The Kier molecular flexibility index (Phi) is 5.96. The number of nitrogens with one attached hydrogen (secondary N) is 2. The number of nitrogens with zero attached hydrogens (tertiary/aromatic N) is 1. The van der Waals surface area contributed by atoms with Gasteiger partial charge in [-0.15, -0.1) is 0 Å². The maximum atomic E-state index is 3.99. The summed E-state index contributed by atoms with van der Waals surface area (Å²) in [4.78, 5) is 2.51. The van der Waals surface area contributed by atoms with E-state index in [-0.39, 0.29) is 0 Å². The van der Waals surface area contributed by atoms with E-state index in [2.05, 4.69) is 22.6 Å². The van der Waals surface area contributed by atoms with Gasteiger partial charge < -0.3 is 15.5 Å². The predicted molar refractivity (Wildman–Crippen MR) is 89.6 cm³/mol. The molecule has 0 radical (unpaired) electrons. The van der Waals surface area contributed by atoms with Crippen LogP contribution in [-0.4, -0.2) is 50.2 Å². The van der Waals surface area contributed by atoms with Gasteiger partial charge in [0.25, 0.3) is 0 Å². The second-order valence-electron chi connectivity index (χ2n) is 7.79. The Bertz CT molecular complexity index is 301. The van der Waals surface area contributed by atoms with E-state index >= 15 is 0 Å². The molecular weight excluding hydrogens is 258 g/mol. The third kappa shape index (κ3) is 4.43. The molecule has 3 fully saturated rings. The normalized spacial score (nSPS) is 39.3. The highest BCUT2D eigenvalue weighted by atomic mass is 15.1. The second kappa shape index (κ2) is 7.94. The van der Waals surface area contributed by atoms with Gasteiger partial charge in [0.1, 0.15) is 0 Å². The summed E-state index contributed by atoms with van der Waals surface area (Å²) in [7, 11) is 2.28. The van der Waals surface area contributed by atoms with Crippen molar-refractivity contribution < 1.29 is 0 Å². The van der Waals surface area contributed by atoms with Crippen LogP contribution in [0.3, 0.4) is 0 Å². The molecule has 1 saturated carbocycles. The van der Waals surface area contributed by atoms with Crippen molar-refractivity contribution >= 4 is 0 Å². The Balaban J connectivity index is 1.49. The molecule has 0 bridgehead atoms. The molecule has 4 atom stereocenters. The van der Waals surface area contributed by atoms with Crippen LogP contribution in [0, 0.1) is 11.8 Å². The second-order valence-corrected chi connectivity index (χ2v) is 7.79. The van der Waals surface area contributed by atoms with Crippen molar-refractivity contribution in [2.24, 2.45) is 11.8 Å². The molecule has 3 nitrogen and oxygen atoms in total. The lowest BCUT2D eigenvalue weighted by molar-refractivity contribution is 0.160. The zero-order chi connectivity index (χ0) is 14.5. The topological polar surface area (TPSA) is 27.3 Å². The molecule has 3 heteroatoms. The lowest BCUT2D eigenvalue weighted by Crippen LogP contribution is -2.52. The molecule has 0 aromatic heterocycles. The maximum Gasteiger partial charge on any atom is 0.0110 e.